The number of hydrogen-bond donors (Lipinski definition) is 2. The van der Waals surface area contributed by atoms with Gasteiger partial charge in [-0.1, -0.05) is 81.4 Å². The van der Waals surface area contributed by atoms with E-state index in [0.717, 1.165) is 22.3 Å². The molecule has 0 radical (unpaired) electrons. The lowest BCUT2D eigenvalue weighted by molar-refractivity contribution is 0.436. The summed E-state index contributed by atoms with van der Waals surface area (Å²) in [7, 11) is 0. The number of aromatic hydroxyl groups is 2. The van der Waals surface area contributed by atoms with Crippen LogP contribution >= 0.6 is 0 Å². The van der Waals surface area contributed by atoms with Gasteiger partial charge in [-0.25, -0.2) is 0 Å². The fourth-order valence-corrected chi connectivity index (χ4v) is 3.15. The highest BCUT2D eigenvalue weighted by molar-refractivity contribution is 5.85. The van der Waals surface area contributed by atoms with Crippen molar-refractivity contribution >= 4 is 0 Å². The van der Waals surface area contributed by atoms with Crippen molar-refractivity contribution in [2.24, 2.45) is 0 Å². The van der Waals surface area contributed by atoms with Gasteiger partial charge in [0.15, 0.2) is 0 Å². The van der Waals surface area contributed by atoms with Crippen LogP contribution in [0.25, 0.3) is 22.3 Å². The summed E-state index contributed by atoms with van der Waals surface area (Å²) in [6.45, 7) is 6.21. The summed E-state index contributed by atoms with van der Waals surface area (Å²) in [4.78, 5) is 0. The first-order valence-electron chi connectivity index (χ1n) is 8.10. The summed E-state index contributed by atoms with van der Waals surface area (Å²) in [5, 5.41) is 21.7. The van der Waals surface area contributed by atoms with Gasteiger partial charge in [0, 0.05) is 5.56 Å². The van der Waals surface area contributed by atoms with Gasteiger partial charge in [-0.3, -0.25) is 0 Å². The van der Waals surface area contributed by atoms with Gasteiger partial charge in [0.05, 0.1) is 5.56 Å². The molecule has 2 nitrogen and oxygen atoms in total. The minimum Gasteiger partial charge on any atom is -0.507 e. The van der Waals surface area contributed by atoms with Crippen LogP contribution in [0.1, 0.15) is 26.3 Å². The Bertz CT molecular complexity index is 845. The van der Waals surface area contributed by atoms with Crippen LogP contribution in [0, 0.1) is 0 Å². The maximum Gasteiger partial charge on any atom is 0.131 e. The number of rotatable bonds is 2. The van der Waals surface area contributed by atoms with Crippen LogP contribution in [0.5, 0.6) is 11.5 Å². The van der Waals surface area contributed by atoms with E-state index < -0.39 is 0 Å². The SMILES string of the molecule is CC(C)(C)c1c(-c2ccccc2)cc(O)c(-c2ccccc2)c1O. The molecule has 0 atom stereocenters. The summed E-state index contributed by atoms with van der Waals surface area (Å²) in [5.74, 6) is 0.234. The van der Waals surface area contributed by atoms with E-state index in [1.807, 2.05) is 60.7 Å². The molecule has 0 fully saturated rings. The molecule has 3 aromatic rings. The van der Waals surface area contributed by atoms with Gasteiger partial charge in [-0.15, -0.1) is 0 Å². The third-order valence-corrected chi connectivity index (χ3v) is 4.18. The smallest absolute Gasteiger partial charge is 0.131 e. The lowest BCUT2D eigenvalue weighted by atomic mass is 9.79. The molecular weight excluding hydrogens is 296 g/mol. The highest BCUT2D eigenvalue weighted by atomic mass is 16.3. The van der Waals surface area contributed by atoms with Crippen LogP contribution in [0.2, 0.25) is 0 Å². The van der Waals surface area contributed by atoms with Crippen molar-refractivity contribution in [3.05, 3.63) is 72.3 Å². The lowest BCUT2D eigenvalue weighted by Gasteiger charge is -2.26. The Morgan fingerprint density at radius 2 is 1.21 bits per heavy atom. The summed E-state index contributed by atoms with van der Waals surface area (Å²) >= 11 is 0. The Kier molecular flexibility index (Phi) is 4.06. The van der Waals surface area contributed by atoms with Crippen LogP contribution in [0.3, 0.4) is 0 Å². The Labute approximate surface area is 143 Å². The second-order valence-corrected chi connectivity index (χ2v) is 7.02. The van der Waals surface area contributed by atoms with E-state index in [1.165, 1.54) is 0 Å². The predicted octanol–water partition coefficient (Wildman–Crippen LogP) is 5.73. The Balaban J connectivity index is 2.35. The van der Waals surface area contributed by atoms with Gasteiger partial charge in [0.1, 0.15) is 11.5 Å². The van der Waals surface area contributed by atoms with Crippen LogP contribution in [-0.4, -0.2) is 10.2 Å². The van der Waals surface area contributed by atoms with E-state index in [4.69, 9.17) is 0 Å². The molecule has 2 N–H and O–H groups in total. The minimum atomic E-state index is -0.271. The molecule has 0 aromatic heterocycles. The molecule has 0 aliphatic rings. The van der Waals surface area contributed by atoms with Gasteiger partial charge in [0.25, 0.3) is 0 Å². The molecule has 3 rings (SSSR count). The molecule has 0 unspecified atom stereocenters. The standard InChI is InChI=1S/C22H22O2/c1-22(2,3)20-17(15-10-6-4-7-11-15)14-18(23)19(21(20)24)16-12-8-5-9-13-16/h4-14,23-24H,1-3H3. The van der Waals surface area contributed by atoms with Crippen molar-refractivity contribution < 1.29 is 10.2 Å². The Morgan fingerprint density at radius 1 is 0.708 bits per heavy atom. The first-order valence-corrected chi connectivity index (χ1v) is 8.10. The molecular formula is C22H22O2. The van der Waals surface area contributed by atoms with Gasteiger partial charge in [-0.05, 0) is 28.2 Å². The summed E-state index contributed by atoms with van der Waals surface area (Å²) in [5.41, 5.74) is 3.69. The summed E-state index contributed by atoms with van der Waals surface area (Å²) < 4.78 is 0. The Hall–Kier alpha value is -2.74. The number of phenolic OH excluding ortho intramolecular Hbond substituents is 2. The quantitative estimate of drug-likeness (QED) is 0.633. The lowest BCUT2D eigenvalue weighted by Crippen LogP contribution is -2.13. The molecule has 0 heterocycles. The van der Waals surface area contributed by atoms with E-state index in [2.05, 4.69) is 20.8 Å². The highest BCUT2D eigenvalue weighted by Gasteiger charge is 2.27. The molecule has 2 heteroatoms. The zero-order valence-corrected chi connectivity index (χ0v) is 14.2. The molecule has 122 valence electrons. The average Bonchev–Trinajstić information content (AvgIpc) is 2.55. The predicted molar refractivity (Wildman–Crippen MR) is 99.3 cm³/mol. The normalized spacial score (nSPS) is 11.5. The van der Waals surface area contributed by atoms with Crippen molar-refractivity contribution in [2.75, 3.05) is 0 Å². The fraction of sp³-hybridized carbons (Fsp3) is 0.182. The summed E-state index contributed by atoms with van der Waals surface area (Å²) in [6, 6.07) is 21.1. The molecule has 0 aliphatic heterocycles. The molecule has 24 heavy (non-hydrogen) atoms. The monoisotopic (exact) mass is 318 g/mol. The van der Waals surface area contributed by atoms with Crippen LogP contribution in [0.15, 0.2) is 66.7 Å². The molecule has 0 bridgehead atoms. The third kappa shape index (κ3) is 2.88. The van der Waals surface area contributed by atoms with E-state index in [9.17, 15) is 10.2 Å². The van der Waals surface area contributed by atoms with Crippen molar-refractivity contribution in [2.45, 2.75) is 26.2 Å². The second-order valence-electron chi connectivity index (χ2n) is 7.02. The average molecular weight is 318 g/mol. The number of phenols is 2. The van der Waals surface area contributed by atoms with E-state index in [0.29, 0.717) is 5.56 Å². The second kappa shape index (κ2) is 6.04. The topological polar surface area (TPSA) is 40.5 Å². The molecule has 3 aromatic carbocycles. The molecule has 0 amide bonds. The van der Waals surface area contributed by atoms with Crippen molar-refractivity contribution in [3.8, 4) is 33.8 Å². The third-order valence-electron chi connectivity index (χ3n) is 4.18. The maximum absolute atomic E-state index is 11.0. The van der Waals surface area contributed by atoms with Crippen LogP contribution in [0.4, 0.5) is 0 Å². The van der Waals surface area contributed by atoms with Crippen LogP contribution < -0.4 is 0 Å². The number of hydrogen-bond acceptors (Lipinski definition) is 2. The van der Waals surface area contributed by atoms with Gasteiger partial charge >= 0.3 is 0 Å². The highest BCUT2D eigenvalue weighted by Crippen LogP contribution is 2.48. The van der Waals surface area contributed by atoms with Gasteiger partial charge in [0.2, 0.25) is 0 Å². The largest absolute Gasteiger partial charge is 0.507 e. The first-order chi connectivity index (χ1) is 11.4. The molecule has 0 saturated heterocycles. The molecule has 0 saturated carbocycles. The maximum atomic E-state index is 11.0. The zero-order valence-electron chi connectivity index (χ0n) is 14.2. The molecule has 0 aliphatic carbocycles. The first kappa shape index (κ1) is 16.1. The zero-order chi connectivity index (χ0) is 17.3. The fourth-order valence-electron chi connectivity index (χ4n) is 3.15. The minimum absolute atomic E-state index is 0.0885. The van der Waals surface area contributed by atoms with Crippen molar-refractivity contribution in [1.29, 1.82) is 0 Å². The summed E-state index contributed by atoms with van der Waals surface area (Å²) in [6.07, 6.45) is 0. The van der Waals surface area contributed by atoms with Crippen LogP contribution in [-0.2, 0) is 5.41 Å². The van der Waals surface area contributed by atoms with E-state index in [1.54, 1.807) is 6.07 Å². The van der Waals surface area contributed by atoms with E-state index in [-0.39, 0.29) is 16.9 Å². The van der Waals surface area contributed by atoms with Crippen molar-refractivity contribution in [3.63, 3.8) is 0 Å². The Morgan fingerprint density at radius 3 is 1.71 bits per heavy atom. The van der Waals surface area contributed by atoms with Gasteiger partial charge < -0.3 is 10.2 Å². The van der Waals surface area contributed by atoms with E-state index >= 15 is 0 Å². The number of benzene rings is 3. The van der Waals surface area contributed by atoms with Crippen molar-refractivity contribution in [1.82, 2.24) is 0 Å². The van der Waals surface area contributed by atoms with Gasteiger partial charge in [-0.2, -0.15) is 0 Å². The molecule has 0 spiro atoms.